The summed E-state index contributed by atoms with van der Waals surface area (Å²) in [5, 5.41) is 2.47. The molecule has 0 bridgehead atoms. The Morgan fingerprint density at radius 1 is 1.09 bits per heavy atom. The highest BCUT2D eigenvalue weighted by Gasteiger charge is 2.30. The molecule has 0 spiro atoms. The topological polar surface area (TPSA) is 52.2 Å². The molecule has 5 nitrogen and oxygen atoms in total. The Bertz CT molecular complexity index is 1260. The van der Waals surface area contributed by atoms with Crippen molar-refractivity contribution in [1.82, 2.24) is 14.9 Å². The minimum Gasteiger partial charge on any atom is -0.363 e. The molecule has 1 unspecified atom stereocenters. The third-order valence-electron chi connectivity index (χ3n) is 6.20. The number of rotatable bonds is 4. The SMILES string of the molecule is CC(=O)N1Cc2cc(Br)ccc2N(Cc2cnc[nH]2)CC1Cc1ccc2ccccc2c1.Cl.Cl. The minimum atomic E-state index is 0. The number of carbonyl (C=O) groups excluding carboxylic acids is 1. The quantitative estimate of drug-likeness (QED) is 0.325. The van der Waals surface area contributed by atoms with Crippen molar-refractivity contribution in [3.63, 3.8) is 0 Å². The highest BCUT2D eigenvalue weighted by molar-refractivity contribution is 9.10. The molecule has 1 aliphatic heterocycles. The van der Waals surface area contributed by atoms with Crippen molar-refractivity contribution in [2.75, 3.05) is 11.4 Å². The van der Waals surface area contributed by atoms with Gasteiger partial charge in [0, 0.05) is 36.4 Å². The van der Waals surface area contributed by atoms with Crippen LogP contribution in [0.1, 0.15) is 23.7 Å². The standard InChI is InChI=1S/C26H25BrN4O.2ClH/c1-18(32)31-14-22-12-23(27)8-9-26(22)30(15-24-13-28-17-29-24)16-25(31)11-19-6-7-20-4-2-3-5-21(20)10-19;;/h2-10,12-13,17,25H,11,14-16H2,1H3,(H,28,29);2*1H. The molecule has 5 rings (SSSR count). The number of aromatic amines is 1. The summed E-state index contributed by atoms with van der Waals surface area (Å²) < 4.78 is 1.02. The van der Waals surface area contributed by atoms with Gasteiger partial charge in [0.05, 0.1) is 24.6 Å². The minimum absolute atomic E-state index is 0. The van der Waals surface area contributed by atoms with Crippen LogP contribution >= 0.6 is 40.7 Å². The van der Waals surface area contributed by atoms with Crippen molar-refractivity contribution < 1.29 is 4.79 Å². The third-order valence-corrected chi connectivity index (χ3v) is 6.69. The van der Waals surface area contributed by atoms with Crippen molar-refractivity contribution >= 4 is 63.1 Å². The Hall–Kier alpha value is -2.54. The summed E-state index contributed by atoms with van der Waals surface area (Å²) in [5.41, 5.74) is 4.61. The van der Waals surface area contributed by atoms with Crippen LogP contribution in [-0.4, -0.2) is 33.4 Å². The first-order valence-electron chi connectivity index (χ1n) is 10.8. The van der Waals surface area contributed by atoms with Crippen molar-refractivity contribution in [2.24, 2.45) is 0 Å². The highest BCUT2D eigenvalue weighted by atomic mass is 79.9. The largest absolute Gasteiger partial charge is 0.363 e. The molecule has 0 saturated carbocycles. The molecule has 1 amide bonds. The molecule has 1 atom stereocenters. The van der Waals surface area contributed by atoms with Gasteiger partial charge in [-0.1, -0.05) is 58.4 Å². The zero-order valence-corrected chi connectivity index (χ0v) is 22.0. The number of nitrogens with one attached hydrogen (secondary N) is 1. The van der Waals surface area contributed by atoms with Gasteiger partial charge in [-0.3, -0.25) is 4.79 Å². The van der Waals surface area contributed by atoms with Gasteiger partial charge in [-0.05, 0) is 46.5 Å². The molecule has 34 heavy (non-hydrogen) atoms. The molecule has 2 heterocycles. The predicted octanol–water partition coefficient (Wildman–Crippen LogP) is 6.15. The van der Waals surface area contributed by atoms with Crippen LogP contribution in [0.3, 0.4) is 0 Å². The van der Waals surface area contributed by atoms with Gasteiger partial charge in [-0.15, -0.1) is 24.8 Å². The zero-order chi connectivity index (χ0) is 22.1. The van der Waals surface area contributed by atoms with Crippen LogP contribution in [0.5, 0.6) is 0 Å². The number of fused-ring (bicyclic) bond motifs is 2. The van der Waals surface area contributed by atoms with Crippen LogP contribution in [0, 0.1) is 0 Å². The summed E-state index contributed by atoms with van der Waals surface area (Å²) in [7, 11) is 0. The van der Waals surface area contributed by atoms with E-state index in [-0.39, 0.29) is 36.8 Å². The Balaban J connectivity index is 0.00000162. The summed E-state index contributed by atoms with van der Waals surface area (Å²) in [6, 6.07) is 21.4. The number of nitrogens with zero attached hydrogens (tertiary/aromatic N) is 3. The van der Waals surface area contributed by atoms with E-state index in [0.29, 0.717) is 13.1 Å². The second kappa shape index (κ2) is 11.3. The van der Waals surface area contributed by atoms with Crippen LogP contribution in [0.25, 0.3) is 10.8 Å². The molecule has 0 saturated heterocycles. The van der Waals surface area contributed by atoms with Crippen LogP contribution in [0.2, 0.25) is 0 Å². The van der Waals surface area contributed by atoms with E-state index in [9.17, 15) is 4.79 Å². The van der Waals surface area contributed by atoms with E-state index in [1.165, 1.54) is 16.3 Å². The van der Waals surface area contributed by atoms with Crippen molar-refractivity contribution in [1.29, 1.82) is 0 Å². The fraction of sp³-hybridized carbons (Fsp3) is 0.231. The van der Waals surface area contributed by atoms with Gasteiger partial charge in [-0.2, -0.15) is 0 Å². The normalized spacial score (nSPS) is 15.2. The lowest BCUT2D eigenvalue weighted by Crippen LogP contribution is -2.44. The number of amides is 1. The Kier molecular flexibility index (Phi) is 8.63. The molecule has 178 valence electrons. The third kappa shape index (κ3) is 5.57. The van der Waals surface area contributed by atoms with E-state index in [2.05, 4.69) is 91.5 Å². The zero-order valence-electron chi connectivity index (χ0n) is 18.8. The fourth-order valence-corrected chi connectivity index (χ4v) is 5.07. The molecule has 0 aliphatic carbocycles. The van der Waals surface area contributed by atoms with E-state index in [1.54, 1.807) is 13.3 Å². The van der Waals surface area contributed by atoms with Crippen molar-refractivity contribution in [3.05, 3.63) is 94.5 Å². The van der Waals surface area contributed by atoms with Gasteiger partial charge in [0.25, 0.3) is 0 Å². The molecule has 1 aliphatic rings. The number of aromatic nitrogens is 2. The number of halogens is 3. The average molecular weight is 562 g/mol. The van der Waals surface area contributed by atoms with Gasteiger partial charge in [0.2, 0.25) is 5.91 Å². The maximum atomic E-state index is 12.8. The summed E-state index contributed by atoms with van der Waals surface area (Å²) in [5.74, 6) is 0.102. The number of anilines is 1. The average Bonchev–Trinajstić information content (AvgIpc) is 3.24. The van der Waals surface area contributed by atoms with Crippen LogP contribution in [0.15, 0.2) is 77.7 Å². The maximum Gasteiger partial charge on any atom is 0.220 e. The van der Waals surface area contributed by atoms with Crippen LogP contribution in [0.4, 0.5) is 5.69 Å². The number of hydrogen-bond donors (Lipinski definition) is 1. The van der Waals surface area contributed by atoms with E-state index >= 15 is 0 Å². The number of hydrogen-bond acceptors (Lipinski definition) is 3. The molecule has 0 fully saturated rings. The van der Waals surface area contributed by atoms with Gasteiger partial charge < -0.3 is 14.8 Å². The highest BCUT2D eigenvalue weighted by Crippen LogP contribution is 2.32. The first-order valence-corrected chi connectivity index (χ1v) is 11.6. The number of imidazole rings is 1. The van der Waals surface area contributed by atoms with E-state index in [4.69, 9.17) is 0 Å². The molecular weight excluding hydrogens is 535 g/mol. The predicted molar refractivity (Wildman–Crippen MR) is 146 cm³/mol. The van der Waals surface area contributed by atoms with E-state index < -0.39 is 0 Å². The summed E-state index contributed by atoms with van der Waals surface area (Å²) in [6.07, 6.45) is 4.38. The van der Waals surface area contributed by atoms with Gasteiger partial charge in [0.1, 0.15) is 0 Å². The molecular formula is C26H27BrCl2N4O. The van der Waals surface area contributed by atoms with Crippen LogP contribution in [-0.2, 0) is 24.3 Å². The summed E-state index contributed by atoms with van der Waals surface area (Å²) >= 11 is 3.61. The van der Waals surface area contributed by atoms with E-state index in [1.807, 2.05) is 11.1 Å². The summed E-state index contributed by atoms with van der Waals surface area (Å²) in [6.45, 7) is 3.74. The Morgan fingerprint density at radius 3 is 2.62 bits per heavy atom. The molecule has 0 radical (unpaired) electrons. The smallest absolute Gasteiger partial charge is 0.220 e. The van der Waals surface area contributed by atoms with Crippen LogP contribution < -0.4 is 4.90 Å². The lowest BCUT2D eigenvalue weighted by molar-refractivity contribution is -0.131. The fourth-order valence-electron chi connectivity index (χ4n) is 4.66. The first-order chi connectivity index (χ1) is 15.6. The monoisotopic (exact) mass is 560 g/mol. The molecule has 1 N–H and O–H groups in total. The molecule has 4 aromatic rings. The maximum absolute atomic E-state index is 12.8. The van der Waals surface area contributed by atoms with Gasteiger partial charge in [-0.25, -0.2) is 4.98 Å². The molecule has 1 aromatic heterocycles. The molecule has 8 heteroatoms. The lowest BCUT2D eigenvalue weighted by atomic mass is 10.0. The second-order valence-corrected chi connectivity index (χ2v) is 9.33. The number of benzene rings is 3. The number of carbonyl (C=O) groups is 1. The van der Waals surface area contributed by atoms with Crippen molar-refractivity contribution in [3.8, 4) is 0 Å². The van der Waals surface area contributed by atoms with Gasteiger partial charge in [0.15, 0.2) is 0 Å². The number of H-pyrrole nitrogens is 1. The second-order valence-electron chi connectivity index (χ2n) is 8.42. The summed E-state index contributed by atoms with van der Waals surface area (Å²) in [4.78, 5) is 24.6. The lowest BCUT2D eigenvalue weighted by Gasteiger charge is -2.32. The Morgan fingerprint density at radius 2 is 1.88 bits per heavy atom. The molecule has 3 aromatic carbocycles. The van der Waals surface area contributed by atoms with Gasteiger partial charge >= 0.3 is 0 Å². The Labute approximate surface area is 220 Å². The first kappa shape index (κ1) is 26.1. The van der Waals surface area contributed by atoms with Crippen molar-refractivity contribution in [2.45, 2.75) is 32.5 Å². The van der Waals surface area contributed by atoms with E-state index in [0.717, 1.165) is 34.4 Å².